The van der Waals surface area contributed by atoms with Crippen molar-refractivity contribution in [2.24, 2.45) is 10.8 Å². The van der Waals surface area contributed by atoms with Crippen LogP contribution in [0.5, 0.6) is 0 Å². The summed E-state index contributed by atoms with van der Waals surface area (Å²) in [4.78, 5) is 0. The smallest absolute Gasteiger partial charge is 0.0816 e. The molecule has 0 aromatic heterocycles. The number of hydrogen-bond donors (Lipinski definition) is 0. The largest absolute Gasteiger partial charge is 0.198 e. The summed E-state index contributed by atoms with van der Waals surface area (Å²) in [6.45, 7) is 5.46. The van der Waals surface area contributed by atoms with Crippen LogP contribution in [0.4, 0.5) is 0 Å². The van der Waals surface area contributed by atoms with E-state index in [2.05, 4.69) is 12.1 Å². The van der Waals surface area contributed by atoms with E-state index in [1.807, 2.05) is 27.0 Å². The van der Waals surface area contributed by atoms with Crippen molar-refractivity contribution in [3.8, 4) is 12.1 Å². The second kappa shape index (κ2) is 3.83. The van der Waals surface area contributed by atoms with Crippen molar-refractivity contribution in [2.45, 2.75) is 20.8 Å². The fraction of sp³-hybridized carbons (Fsp3) is 0.778. The van der Waals surface area contributed by atoms with Gasteiger partial charge in [-0.15, -0.1) is 0 Å². The molecular formula is C9H14N2S. The monoisotopic (exact) mass is 182 g/mol. The molecule has 0 radical (unpaired) electrons. The van der Waals surface area contributed by atoms with Gasteiger partial charge in [0.2, 0.25) is 0 Å². The molecule has 3 heteroatoms. The molecule has 2 nitrogen and oxygen atoms in total. The summed E-state index contributed by atoms with van der Waals surface area (Å²) in [5, 5.41) is 17.8. The molecule has 0 aliphatic heterocycles. The van der Waals surface area contributed by atoms with Crippen LogP contribution < -0.4 is 0 Å². The van der Waals surface area contributed by atoms with Crippen LogP contribution in [0.1, 0.15) is 20.8 Å². The molecule has 0 amide bonds. The molecule has 0 spiro atoms. The lowest BCUT2D eigenvalue weighted by molar-refractivity contribution is 0.259. The summed E-state index contributed by atoms with van der Waals surface area (Å²) in [6.07, 6.45) is 1.95. The minimum absolute atomic E-state index is 0.554. The maximum absolute atomic E-state index is 8.97. The zero-order valence-electron chi connectivity index (χ0n) is 8.01. The van der Waals surface area contributed by atoms with Crippen LogP contribution in [-0.4, -0.2) is 12.0 Å². The molecule has 0 aliphatic carbocycles. The highest BCUT2D eigenvalue weighted by Crippen LogP contribution is 2.39. The summed E-state index contributed by atoms with van der Waals surface area (Å²) in [6, 6.07) is 4.41. The van der Waals surface area contributed by atoms with Crippen molar-refractivity contribution < 1.29 is 0 Å². The van der Waals surface area contributed by atoms with Crippen molar-refractivity contribution in [1.82, 2.24) is 0 Å². The van der Waals surface area contributed by atoms with Crippen molar-refractivity contribution in [3.63, 3.8) is 0 Å². The van der Waals surface area contributed by atoms with Crippen molar-refractivity contribution in [3.05, 3.63) is 0 Å². The minimum atomic E-state index is -0.579. The molecule has 0 aliphatic rings. The zero-order chi connectivity index (χ0) is 9.83. The number of hydrogen-bond acceptors (Lipinski definition) is 3. The average Bonchev–Trinajstić information content (AvgIpc) is 2.04. The van der Waals surface area contributed by atoms with Crippen LogP contribution in [0, 0.1) is 33.5 Å². The third-order valence-electron chi connectivity index (χ3n) is 2.34. The number of nitrogens with zero attached hydrogens (tertiary/aromatic N) is 2. The molecular weight excluding hydrogens is 168 g/mol. The first-order chi connectivity index (χ1) is 5.43. The Hall–Kier alpha value is -0.670. The Morgan fingerprint density at radius 1 is 1.17 bits per heavy atom. The first-order valence-electron chi connectivity index (χ1n) is 3.75. The lowest BCUT2D eigenvalue weighted by atomic mass is 9.70. The van der Waals surface area contributed by atoms with Gasteiger partial charge in [0.25, 0.3) is 0 Å². The first-order valence-corrected chi connectivity index (χ1v) is 5.14. The van der Waals surface area contributed by atoms with E-state index >= 15 is 0 Å². The molecule has 0 rings (SSSR count). The van der Waals surface area contributed by atoms with Gasteiger partial charge >= 0.3 is 0 Å². The van der Waals surface area contributed by atoms with Gasteiger partial charge in [0.1, 0.15) is 0 Å². The van der Waals surface area contributed by atoms with Gasteiger partial charge in [-0.05, 0) is 27.0 Å². The highest BCUT2D eigenvalue weighted by molar-refractivity contribution is 7.98. The van der Waals surface area contributed by atoms with Gasteiger partial charge in [-0.1, -0.05) is 0 Å². The molecule has 0 fully saturated rings. The Labute approximate surface area is 78.6 Å². The van der Waals surface area contributed by atoms with E-state index in [9.17, 15) is 0 Å². The van der Waals surface area contributed by atoms with Gasteiger partial charge in [0.15, 0.2) is 0 Å². The van der Waals surface area contributed by atoms with Crippen LogP contribution in [-0.2, 0) is 0 Å². The van der Waals surface area contributed by atoms with E-state index < -0.39 is 10.8 Å². The predicted molar refractivity (Wildman–Crippen MR) is 51.5 cm³/mol. The fourth-order valence-electron chi connectivity index (χ4n) is 0.765. The highest BCUT2D eigenvalue weighted by Gasteiger charge is 2.41. The fourth-order valence-corrected chi connectivity index (χ4v) is 1.77. The van der Waals surface area contributed by atoms with Gasteiger partial charge in [0, 0.05) is 5.75 Å². The molecule has 0 saturated heterocycles. The van der Waals surface area contributed by atoms with Crippen LogP contribution in [0.15, 0.2) is 0 Å². The Kier molecular flexibility index (Phi) is 3.61. The van der Waals surface area contributed by atoms with E-state index in [0.29, 0.717) is 5.75 Å². The van der Waals surface area contributed by atoms with E-state index in [0.717, 1.165) is 0 Å². The van der Waals surface area contributed by atoms with Crippen molar-refractivity contribution in [2.75, 3.05) is 12.0 Å². The zero-order valence-corrected chi connectivity index (χ0v) is 8.83. The van der Waals surface area contributed by atoms with Gasteiger partial charge < -0.3 is 0 Å². The maximum atomic E-state index is 8.97. The Morgan fingerprint density at radius 2 is 1.67 bits per heavy atom. The predicted octanol–water partition coefficient (Wildman–Crippen LogP) is 2.43. The van der Waals surface area contributed by atoms with Gasteiger partial charge in [-0.2, -0.15) is 22.3 Å². The summed E-state index contributed by atoms with van der Waals surface area (Å²) >= 11 is 1.60. The molecule has 1 atom stereocenters. The Bertz CT molecular complexity index is 234. The van der Waals surface area contributed by atoms with Crippen molar-refractivity contribution in [1.29, 1.82) is 10.5 Å². The highest BCUT2D eigenvalue weighted by atomic mass is 32.2. The van der Waals surface area contributed by atoms with Crippen molar-refractivity contribution >= 4 is 11.8 Å². The third-order valence-corrected chi connectivity index (χ3v) is 3.20. The normalized spacial score (nSPS) is 15.8. The lowest BCUT2D eigenvalue weighted by Crippen LogP contribution is -2.34. The number of thioether (sulfide) groups is 1. The SMILES string of the molecule is CSCC(C)(C#N)C(C)(C)C#N. The third kappa shape index (κ3) is 1.93. The molecule has 0 N–H and O–H groups in total. The van der Waals surface area contributed by atoms with E-state index in [-0.39, 0.29) is 0 Å². The Morgan fingerprint density at radius 3 is 1.92 bits per heavy atom. The van der Waals surface area contributed by atoms with Gasteiger partial charge in [-0.3, -0.25) is 0 Å². The first kappa shape index (κ1) is 11.3. The minimum Gasteiger partial charge on any atom is -0.198 e. The van der Waals surface area contributed by atoms with E-state index in [1.54, 1.807) is 11.8 Å². The van der Waals surface area contributed by atoms with Crippen LogP contribution in [0.25, 0.3) is 0 Å². The van der Waals surface area contributed by atoms with Gasteiger partial charge in [0.05, 0.1) is 23.0 Å². The second-order valence-electron chi connectivity index (χ2n) is 3.61. The molecule has 0 aromatic carbocycles. The summed E-state index contributed by atoms with van der Waals surface area (Å²) in [5.74, 6) is 0.698. The van der Waals surface area contributed by atoms with E-state index in [4.69, 9.17) is 10.5 Å². The summed E-state index contributed by atoms with van der Waals surface area (Å²) < 4.78 is 0. The topological polar surface area (TPSA) is 47.6 Å². The maximum Gasteiger partial charge on any atom is 0.0816 e. The van der Waals surface area contributed by atoms with Crippen LogP contribution >= 0.6 is 11.8 Å². The number of rotatable bonds is 3. The molecule has 12 heavy (non-hydrogen) atoms. The summed E-state index contributed by atoms with van der Waals surface area (Å²) in [7, 11) is 0. The van der Waals surface area contributed by atoms with Gasteiger partial charge in [-0.25, -0.2) is 0 Å². The molecule has 66 valence electrons. The van der Waals surface area contributed by atoms with Crippen LogP contribution in [0.3, 0.4) is 0 Å². The standard InChI is InChI=1S/C9H14N2S/c1-8(2,5-10)9(3,6-11)7-12-4/h7H2,1-4H3. The Balaban J connectivity index is 4.80. The molecule has 0 aromatic rings. The van der Waals surface area contributed by atoms with E-state index in [1.165, 1.54) is 0 Å². The second-order valence-corrected chi connectivity index (χ2v) is 4.48. The summed E-state index contributed by atoms with van der Waals surface area (Å²) in [5.41, 5.74) is -1.13. The molecule has 1 unspecified atom stereocenters. The van der Waals surface area contributed by atoms with Crippen LogP contribution in [0.2, 0.25) is 0 Å². The average molecular weight is 182 g/mol. The number of nitriles is 2. The lowest BCUT2D eigenvalue weighted by Gasteiger charge is -2.32. The molecule has 0 saturated carbocycles. The molecule has 0 heterocycles. The molecule has 0 bridgehead atoms. The quantitative estimate of drug-likeness (QED) is 0.673.